The van der Waals surface area contributed by atoms with E-state index in [4.69, 9.17) is 23.2 Å². The van der Waals surface area contributed by atoms with E-state index in [1.807, 2.05) is 0 Å². The van der Waals surface area contributed by atoms with Crippen molar-refractivity contribution < 1.29 is 16.8 Å². The van der Waals surface area contributed by atoms with Crippen LogP contribution in [0.5, 0.6) is 0 Å². The van der Waals surface area contributed by atoms with Crippen LogP contribution in [0.25, 0.3) is 0 Å². The Morgan fingerprint density at radius 1 is 0.724 bits per heavy atom. The molecule has 0 saturated heterocycles. The molecule has 0 bridgehead atoms. The van der Waals surface area contributed by atoms with Crippen LogP contribution in [0.3, 0.4) is 0 Å². The molecule has 0 radical (unpaired) electrons. The summed E-state index contributed by atoms with van der Waals surface area (Å²) < 4.78 is 50.8. The third-order valence-electron chi connectivity index (χ3n) is 3.90. The number of aromatic nitrogens is 1. The smallest absolute Gasteiger partial charge is 0.206 e. The van der Waals surface area contributed by atoms with Crippen LogP contribution in [-0.2, 0) is 19.7 Å². The molecule has 3 rings (SSSR count). The monoisotopic (exact) mass is 468 g/mol. The minimum Gasteiger partial charge on any atom is -0.265 e. The van der Waals surface area contributed by atoms with Gasteiger partial charge in [-0.15, -0.1) is 0 Å². The van der Waals surface area contributed by atoms with Gasteiger partial charge in [0.2, 0.25) is 24.3 Å². The zero-order valence-corrected chi connectivity index (χ0v) is 17.8. The van der Waals surface area contributed by atoms with Gasteiger partial charge in [0, 0.05) is 28.7 Å². The van der Waals surface area contributed by atoms with Crippen LogP contribution in [0.2, 0.25) is 10.0 Å². The van der Waals surface area contributed by atoms with Gasteiger partial charge in [-0.2, -0.15) is 0 Å². The second-order valence-electron chi connectivity index (χ2n) is 5.85. The summed E-state index contributed by atoms with van der Waals surface area (Å²) in [7, 11) is -8.70. The molecular formula is C19H14Cl2N2O4S2. The summed E-state index contributed by atoms with van der Waals surface area (Å²) in [6.45, 7) is 0. The van der Waals surface area contributed by atoms with Crippen molar-refractivity contribution in [2.24, 2.45) is 4.99 Å². The maximum absolute atomic E-state index is 13.2. The van der Waals surface area contributed by atoms with E-state index in [1.165, 1.54) is 73.1 Å². The molecule has 0 spiro atoms. The van der Waals surface area contributed by atoms with Crippen molar-refractivity contribution in [1.29, 1.82) is 0 Å². The van der Waals surface area contributed by atoms with Crippen LogP contribution in [0.4, 0.5) is 5.69 Å². The Morgan fingerprint density at radius 2 is 1.14 bits per heavy atom. The van der Waals surface area contributed by atoms with E-state index in [-0.39, 0.29) is 9.79 Å². The zero-order valence-electron chi connectivity index (χ0n) is 14.7. The number of hydrogen-bond acceptors (Lipinski definition) is 6. The number of benzene rings is 2. The van der Waals surface area contributed by atoms with Crippen LogP contribution >= 0.6 is 23.2 Å². The minimum absolute atomic E-state index is 0.189. The van der Waals surface area contributed by atoms with Crippen LogP contribution in [-0.4, -0.2) is 32.6 Å². The highest BCUT2D eigenvalue weighted by Crippen LogP contribution is 2.27. The SMILES string of the molecule is O=S(=O)(c1ccc(Cl)cc1)C(C=Nc1ccncc1)S(=O)(=O)c1ccc(Cl)cc1. The number of aliphatic imine (C=N–C) groups is 1. The molecule has 0 saturated carbocycles. The number of halogens is 2. The molecule has 3 aromatic rings. The Labute approximate surface area is 178 Å². The summed E-state index contributed by atoms with van der Waals surface area (Å²) >= 11 is 11.7. The zero-order chi connectivity index (χ0) is 21.1. The summed E-state index contributed by atoms with van der Waals surface area (Å²) in [6.07, 6.45) is 3.83. The third-order valence-corrected chi connectivity index (χ3v) is 9.25. The molecule has 0 aliphatic rings. The standard InChI is InChI=1S/C19H14Cl2N2O4S2/c20-14-1-5-17(6-2-14)28(24,25)19(13-23-16-9-11-22-12-10-16)29(26,27)18-7-3-15(21)4-8-18/h1-13,19H. The topological polar surface area (TPSA) is 93.5 Å². The minimum atomic E-state index is -4.35. The van der Waals surface area contributed by atoms with Gasteiger partial charge in [0.1, 0.15) is 0 Å². The summed E-state index contributed by atoms with van der Waals surface area (Å²) in [5.41, 5.74) is 0.364. The fraction of sp³-hybridized carbons (Fsp3) is 0.0526. The molecule has 0 aliphatic carbocycles. The van der Waals surface area contributed by atoms with Crippen molar-refractivity contribution in [3.8, 4) is 0 Å². The van der Waals surface area contributed by atoms with Gasteiger partial charge < -0.3 is 0 Å². The first-order valence-electron chi connectivity index (χ1n) is 8.14. The average molecular weight is 469 g/mol. The maximum atomic E-state index is 13.2. The molecule has 0 aliphatic heterocycles. The molecule has 6 nitrogen and oxygen atoms in total. The summed E-state index contributed by atoms with van der Waals surface area (Å²) in [4.78, 5) is 7.52. The quantitative estimate of drug-likeness (QED) is 0.500. The average Bonchev–Trinajstić information content (AvgIpc) is 2.69. The highest BCUT2D eigenvalue weighted by Gasteiger charge is 2.39. The first kappa shape index (κ1) is 21.4. The molecule has 0 N–H and O–H groups in total. The second-order valence-corrected chi connectivity index (χ2v) is 11.2. The van der Waals surface area contributed by atoms with Gasteiger partial charge in [0.05, 0.1) is 15.5 Å². The highest BCUT2D eigenvalue weighted by atomic mass is 35.5. The maximum Gasteiger partial charge on any atom is 0.206 e. The molecule has 1 aromatic heterocycles. The Kier molecular flexibility index (Phi) is 6.38. The lowest BCUT2D eigenvalue weighted by molar-refractivity contribution is 0.584. The number of rotatable bonds is 6. The van der Waals surface area contributed by atoms with E-state index in [9.17, 15) is 16.8 Å². The Balaban J connectivity index is 2.14. The lowest BCUT2D eigenvalue weighted by atomic mass is 10.4. The summed E-state index contributed by atoms with van der Waals surface area (Å²) in [5, 5.41) is 0.651. The molecule has 29 heavy (non-hydrogen) atoms. The molecule has 150 valence electrons. The lowest BCUT2D eigenvalue weighted by Crippen LogP contribution is -2.32. The van der Waals surface area contributed by atoms with E-state index < -0.39 is 24.3 Å². The van der Waals surface area contributed by atoms with Crippen molar-refractivity contribution in [2.75, 3.05) is 0 Å². The Morgan fingerprint density at radius 3 is 1.55 bits per heavy atom. The van der Waals surface area contributed by atoms with E-state index >= 15 is 0 Å². The van der Waals surface area contributed by atoms with Crippen molar-refractivity contribution in [2.45, 2.75) is 14.4 Å². The number of pyridine rings is 1. The Bertz CT molecular complexity index is 1150. The largest absolute Gasteiger partial charge is 0.265 e. The van der Waals surface area contributed by atoms with Gasteiger partial charge in [-0.05, 0) is 60.7 Å². The Hall–Kier alpha value is -2.26. The predicted octanol–water partition coefficient (Wildman–Crippen LogP) is 4.36. The normalized spacial score (nSPS) is 12.5. The van der Waals surface area contributed by atoms with Crippen molar-refractivity contribution in [3.63, 3.8) is 0 Å². The lowest BCUT2D eigenvalue weighted by Gasteiger charge is -2.15. The van der Waals surface area contributed by atoms with Gasteiger partial charge in [-0.25, -0.2) is 16.8 Å². The molecule has 10 heteroatoms. The van der Waals surface area contributed by atoms with Crippen LogP contribution in [0.15, 0.2) is 87.8 Å². The van der Waals surface area contributed by atoms with Gasteiger partial charge in [0.25, 0.3) is 0 Å². The molecule has 1 heterocycles. The van der Waals surface area contributed by atoms with Crippen LogP contribution in [0, 0.1) is 0 Å². The number of sulfone groups is 2. The first-order chi connectivity index (χ1) is 13.7. The molecule has 0 atom stereocenters. The molecule has 0 fully saturated rings. The first-order valence-corrected chi connectivity index (χ1v) is 12.0. The fourth-order valence-corrected chi connectivity index (χ4v) is 6.68. The molecule has 0 unspecified atom stereocenters. The predicted molar refractivity (Wildman–Crippen MR) is 113 cm³/mol. The van der Waals surface area contributed by atoms with E-state index in [0.29, 0.717) is 15.7 Å². The van der Waals surface area contributed by atoms with Gasteiger partial charge >= 0.3 is 0 Å². The molecular weight excluding hydrogens is 455 g/mol. The fourth-order valence-electron chi connectivity index (χ4n) is 2.42. The van der Waals surface area contributed by atoms with Crippen molar-refractivity contribution >= 4 is 54.8 Å². The van der Waals surface area contributed by atoms with Gasteiger partial charge in [0.15, 0.2) is 0 Å². The molecule has 2 aromatic carbocycles. The van der Waals surface area contributed by atoms with Crippen LogP contribution < -0.4 is 0 Å². The van der Waals surface area contributed by atoms with Crippen molar-refractivity contribution in [3.05, 3.63) is 83.1 Å². The van der Waals surface area contributed by atoms with E-state index in [2.05, 4.69) is 9.98 Å². The highest BCUT2D eigenvalue weighted by molar-refractivity contribution is 8.10. The third kappa shape index (κ3) is 4.84. The van der Waals surface area contributed by atoms with Gasteiger partial charge in [-0.1, -0.05) is 23.2 Å². The molecule has 0 amide bonds. The summed E-state index contributed by atoms with van der Waals surface area (Å²) in [6, 6.07) is 13.6. The number of hydrogen-bond donors (Lipinski definition) is 0. The number of nitrogens with zero attached hydrogens (tertiary/aromatic N) is 2. The van der Waals surface area contributed by atoms with E-state index in [0.717, 1.165) is 6.21 Å². The van der Waals surface area contributed by atoms with Crippen LogP contribution in [0.1, 0.15) is 0 Å². The van der Waals surface area contributed by atoms with E-state index in [1.54, 1.807) is 0 Å². The van der Waals surface area contributed by atoms with Gasteiger partial charge in [-0.3, -0.25) is 9.98 Å². The second kappa shape index (κ2) is 8.62. The van der Waals surface area contributed by atoms with Crippen molar-refractivity contribution in [1.82, 2.24) is 4.98 Å². The summed E-state index contributed by atoms with van der Waals surface area (Å²) in [5.74, 6) is 0.